The number of hydrogen-bond donors (Lipinski definition) is 2. The van der Waals surface area contributed by atoms with Crippen molar-refractivity contribution in [2.75, 3.05) is 19.6 Å². The van der Waals surface area contributed by atoms with E-state index in [1.54, 1.807) is 23.5 Å². The standard InChI is InChI=1S/C24H26FN3OS/c25-20-10-8-19(9-11-20)24(22-7-4-14-30-22)26-15-23(29)27-21-12-13-28(17-21)16-18-5-2-1-3-6-18/h1-11,14,21,24,26H,12-13,15-17H2,(H,27,29). The Kier molecular flexibility index (Phi) is 6.89. The molecule has 6 heteroatoms. The molecule has 0 aliphatic carbocycles. The average molecular weight is 424 g/mol. The van der Waals surface area contributed by atoms with Gasteiger partial charge < -0.3 is 5.32 Å². The van der Waals surface area contributed by atoms with E-state index in [1.807, 2.05) is 23.6 Å². The molecule has 4 nitrogen and oxygen atoms in total. The highest BCUT2D eigenvalue weighted by atomic mass is 32.1. The van der Waals surface area contributed by atoms with Crippen LogP contribution in [-0.2, 0) is 11.3 Å². The van der Waals surface area contributed by atoms with Gasteiger partial charge in [-0.1, -0.05) is 48.5 Å². The zero-order chi connectivity index (χ0) is 20.8. The predicted molar refractivity (Wildman–Crippen MR) is 119 cm³/mol. The fraction of sp³-hybridized carbons (Fsp3) is 0.292. The maximum Gasteiger partial charge on any atom is 0.234 e. The van der Waals surface area contributed by atoms with Crippen molar-refractivity contribution in [1.82, 2.24) is 15.5 Å². The van der Waals surface area contributed by atoms with Crippen molar-refractivity contribution in [3.05, 3.63) is 93.9 Å². The van der Waals surface area contributed by atoms with E-state index in [-0.39, 0.29) is 30.4 Å². The summed E-state index contributed by atoms with van der Waals surface area (Å²) in [4.78, 5) is 16.1. The number of carbonyl (C=O) groups excluding carboxylic acids is 1. The molecular weight excluding hydrogens is 397 g/mol. The first-order valence-corrected chi connectivity index (χ1v) is 11.1. The molecule has 2 atom stereocenters. The highest BCUT2D eigenvalue weighted by molar-refractivity contribution is 7.10. The summed E-state index contributed by atoms with van der Waals surface area (Å²) in [5, 5.41) is 8.51. The number of rotatable bonds is 8. The molecule has 1 fully saturated rings. The molecule has 4 rings (SSSR count). The van der Waals surface area contributed by atoms with Gasteiger partial charge >= 0.3 is 0 Å². The van der Waals surface area contributed by atoms with Gasteiger partial charge in [0.15, 0.2) is 0 Å². The Labute approximate surface area is 180 Å². The van der Waals surface area contributed by atoms with E-state index in [0.29, 0.717) is 0 Å². The number of hydrogen-bond acceptors (Lipinski definition) is 4. The summed E-state index contributed by atoms with van der Waals surface area (Å²) in [6, 6.07) is 20.9. The van der Waals surface area contributed by atoms with Crippen molar-refractivity contribution < 1.29 is 9.18 Å². The van der Waals surface area contributed by atoms with E-state index in [0.717, 1.165) is 36.5 Å². The van der Waals surface area contributed by atoms with E-state index in [2.05, 4.69) is 39.8 Å². The molecule has 2 heterocycles. The van der Waals surface area contributed by atoms with E-state index in [4.69, 9.17) is 0 Å². The van der Waals surface area contributed by atoms with Gasteiger partial charge in [0.2, 0.25) is 5.91 Å². The molecule has 2 N–H and O–H groups in total. The Bertz CT molecular complexity index is 931. The lowest BCUT2D eigenvalue weighted by Gasteiger charge is -2.20. The second kappa shape index (κ2) is 9.98. The van der Waals surface area contributed by atoms with Crippen LogP contribution in [0, 0.1) is 5.82 Å². The Morgan fingerprint density at radius 1 is 1.10 bits per heavy atom. The van der Waals surface area contributed by atoms with Gasteiger partial charge in [0.25, 0.3) is 0 Å². The first kappa shape index (κ1) is 20.7. The largest absolute Gasteiger partial charge is 0.351 e. The highest BCUT2D eigenvalue weighted by Crippen LogP contribution is 2.26. The summed E-state index contributed by atoms with van der Waals surface area (Å²) in [5.41, 5.74) is 2.24. The van der Waals surface area contributed by atoms with Crippen LogP contribution in [0.2, 0.25) is 0 Å². The highest BCUT2D eigenvalue weighted by Gasteiger charge is 2.24. The summed E-state index contributed by atoms with van der Waals surface area (Å²) in [6.45, 7) is 2.99. The van der Waals surface area contributed by atoms with Crippen molar-refractivity contribution in [1.29, 1.82) is 0 Å². The second-order valence-electron chi connectivity index (χ2n) is 7.65. The monoisotopic (exact) mass is 423 g/mol. The van der Waals surface area contributed by atoms with Crippen molar-refractivity contribution in [3.8, 4) is 0 Å². The van der Waals surface area contributed by atoms with Crippen molar-refractivity contribution in [2.24, 2.45) is 0 Å². The molecule has 1 aliphatic rings. The normalized spacial score (nSPS) is 17.7. The molecule has 2 unspecified atom stereocenters. The fourth-order valence-corrected chi connectivity index (χ4v) is 4.73. The van der Waals surface area contributed by atoms with Gasteiger partial charge in [0.05, 0.1) is 12.6 Å². The van der Waals surface area contributed by atoms with Crippen LogP contribution in [0.4, 0.5) is 4.39 Å². The van der Waals surface area contributed by atoms with Gasteiger partial charge in [-0.2, -0.15) is 0 Å². The second-order valence-corrected chi connectivity index (χ2v) is 8.63. The Hall–Kier alpha value is -2.54. The molecule has 1 aliphatic heterocycles. The number of benzene rings is 2. The van der Waals surface area contributed by atoms with Crippen LogP contribution in [0.3, 0.4) is 0 Å². The quantitative estimate of drug-likeness (QED) is 0.577. The molecule has 0 saturated carbocycles. The maximum atomic E-state index is 13.3. The van der Waals surface area contributed by atoms with Crippen LogP contribution in [0.25, 0.3) is 0 Å². The van der Waals surface area contributed by atoms with Crippen LogP contribution in [0.1, 0.15) is 28.5 Å². The SMILES string of the molecule is O=C(CNC(c1ccc(F)cc1)c1cccs1)NC1CCN(Cc2ccccc2)C1. The number of likely N-dealkylation sites (tertiary alicyclic amines) is 1. The number of nitrogens with zero attached hydrogens (tertiary/aromatic N) is 1. The van der Waals surface area contributed by atoms with E-state index < -0.39 is 0 Å². The lowest BCUT2D eigenvalue weighted by molar-refractivity contribution is -0.120. The van der Waals surface area contributed by atoms with E-state index in [1.165, 1.54) is 17.7 Å². The summed E-state index contributed by atoms with van der Waals surface area (Å²) in [6.07, 6.45) is 0.963. The van der Waals surface area contributed by atoms with Gasteiger partial charge in [0, 0.05) is 30.6 Å². The topological polar surface area (TPSA) is 44.4 Å². The molecule has 156 valence electrons. The van der Waals surface area contributed by atoms with Crippen LogP contribution in [-0.4, -0.2) is 36.5 Å². The van der Waals surface area contributed by atoms with Crippen molar-refractivity contribution >= 4 is 17.2 Å². The van der Waals surface area contributed by atoms with Gasteiger partial charge in [-0.25, -0.2) is 4.39 Å². The third-order valence-corrected chi connectivity index (χ3v) is 6.32. The molecule has 1 saturated heterocycles. The Morgan fingerprint density at radius 2 is 1.90 bits per heavy atom. The number of nitrogens with one attached hydrogen (secondary N) is 2. The summed E-state index contributed by atoms with van der Waals surface area (Å²) >= 11 is 1.62. The molecule has 1 aromatic heterocycles. The number of halogens is 1. The molecular formula is C24H26FN3OS. The Balaban J connectivity index is 1.29. The lowest BCUT2D eigenvalue weighted by atomic mass is 10.1. The van der Waals surface area contributed by atoms with Crippen molar-refractivity contribution in [3.63, 3.8) is 0 Å². The van der Waals surface area contributed by atoms with Crippen LogP contribution in [0.15, 0.2) is 72.1 Å². The predicted octanol–water partition coefficient (Wildman–Crippen LogP) is 3.96. The van der Waals surface area contributed by atoms with Gasteiger partial charge in [0.1, 0.15) is 5.82 Å². The van der Waals surface area contributed by atoms with E-state index in [9.17, 15) is 9.18 Å². The minimum absolute atomic E-state index is 0.00905. The molecule has 1 amide bonds. The van der Waals surface area contributed by atoms with Crippen molar-refractivity contribution in [2.45, 2.75) is 25.0 Å². The van der Waals surface area contributed by atoms with Gasteiger partial charge in [-0.3, -0.25) is 15.0 Å². The molecule has 30 heavy (non-hydrogen) atoms. The first-order valence-electron chi connectivity index (χ1n) is 10.3. The lowest BCUT2D eigenvalue weighted by Crippen LogP contribution is -2.42. The maximum absolute atomic E-state index is 13.3. The smallest absolute Gasteiger partial charge is 0.234 e. The number of thiophene rings is 1. The number of amides is 1. The summed E-state index contributed by atoms with van der Waals surface area (Å²) in [5.74, 6) is -0.270. The molecule has 3 aromatic rings. The van der Waals surface area contributed by atoms with Crippen LogP contribution < -0.4 is 10.6 Å². The van der Waals surface area contributed by atoms with Gasteiger partial charge in [-0.05, 0) is 41.1 Å². The zero-order valence-electron chi connectivity index (χ0n) is 16.8. The minimum Gasteiger partial charge on any atom is -0.351 e. The molecule has 0 radical (unpaired) electrons. The van der Waals surface area contributed by atoms with E-state index >= 15 is 0 Å². The summed E-state index contributed by atoms with van der Waals surface area (Å²) < 4.78 is 13.3. The Morgan fingerprint density at radius 3 is 2.63 bits per heavy atom. The van der Waals surface area contributed by atoms with Crippen LogP contribution >= 0.6 is 11.3 Å². The minimum atomic E-state index is -0.261. The summed E-state index contributed by atoms with van der Waals surface area (Å²) in [7, 11) is 0. The molecule has 0 spiro atoms. The third kappa shape index (κ3) is 5.53. The molecule has 0 bridgehead atoms. The molecule has 2 aromatic carbocycles. The first-order chi connectivity index (χ1) is 14.7. The average Bonchev–Trinajstić information content (AvgIpc) is 3.43. The van der Waals surface area contributed by atoms with Crippen LogP contribution in [0.5, 0.6) is 0 Å². The van der Waals surface area contributed by atoms with Gasteiger partial charge in [-0.15, -0.1) is 11.3 Å². The fourth-order valence-electron chi connectivity index (χ4n) is 3.90. The third-order valence-electron chi connectivity index (χ3n) is 5.38. The zero-order valence-corrected chi connectivity index (χ0v) is 17.6. The number of carbonyl (C=O) groups is 1.